The van der Waals surface area contributed by atoms with Gasteiger partial charge in [0.05, 0.1) is 5.57 Å². The fourth-order valence-corrected chi connectivity index (χ4v) is 4.97. The number of rotatable bonds is 3. The van der Waals surface area contributed by atoms with Gasteiger partial charge in [-0.25, -0.2) is 0 Å². The molecular formula is C26H23BrN2O3. The molecule has 0 saturated carbocycles. The van der Waals surface area contributed by atoms with Crippen LogP contribution in [0.3, 0.4) is 0 Å². The van der Waals surface area contributed by atoms with Gasteiger partial charge in [-0.2, -0.15) is 0 Å². The van der Waals surface area contributed by atoms with Crippen LogP contribution in [0.5, 0.6) is 0 Å². The maximum atomic E-state index is 13.0. The van der Waals surface area contributed by atoms with Crippen molar-refractivity contribution in [3.8, 4) is 0 Å². The SMILES string of the molecule is CC1CCN(C(=O)Cn2cc(C=C3C(=O)c4ccccc4C3=O)c3cc(Br)ccc32)CC1. The first kappa shape index (κ1) is 20.9. The molecule has 162 valence electrons. The molecule has 0 unspecified atom stereocenters. The molecule has 6 heteroatoms. The average Bonchev–Trinajstić information content (AvgIpc) is 3.24. The number of carbonyl (C=O) groups is 3. The van der Waals surface area contributed by atoms with Crippen molar-refractivity contribution in [2.75, 3.05) is 13.1 Å². The van der Waals surface area contributed by atoms with E-state index < -0.39 is 0 Å². The Morgan fingerprint density at radius 1 is 1.06 bits per heavy atom. The number of aromatic nitrogens is 1. The molecule has 5 nitrogen and oxygen atoms in total. The zero-order valence-corrected chi connectivity index (χ0v) is 19.4. The number of piperidine rings is 1. The predicted octanol–water partition coefficient (Wildman–Crippen LogP) is 5.12. The summed E-state index contributed by atoms with van der Waals surface area (Å²) in [7, 11) is 0. The minimum absolute atomic E-state index is 0.0938. The van der Waals surface area contributed by atoms with E-state index in [0.717, 1.165) is 46.9 Å². The lowest BCUT2D eigenvalue weighted by Gasteiger charge is -2.30. The number of allylic oxidation sites excluding steroid dienone is 1. The lowest BCUT2D eigenvalue weighted by Crippen LogP contribution is -2.39. The first-order valence-electron chi connectivity index (χ1n) is 10.9. The van der Waals surface area contributed by atoms with E-state index >= 15 is 0 Å². The van der Waals surface area contributed by atoms with Gasteiger partial charge in [0.25, 0.3) is 0 Å². The monoisotopic (exact) mass is 490 g/mol. The first-order valence-corrected chi connectivity index (χ1v) is 11.7. The standard InChI is InChI=1S/C26H23BrN2O3/c1-16-8-10-28(11-9-16)24(30)15-29-14-17(21-13-18(27)6-7-23(21)29)12-22-25(31)19-4-2-3-5-20(19)26(22)32/h2-7,12-14,16H,8-11,15H2,1H3. The highest BCUT2D eigenvalue weighted by atomic mass is 79.9. The Labute approximate surface area is 194 Å². The van der Waals surface area contributed by atoms with E-state index in [9.17, 15) is 14.4 Å². The van der Waals surface area contributed by atoms with Crippen molar-refractivity contribution in [3.05, 3.63) is 75.4 Å². The van der Waals surface area contributed by atoms with E-state index in [-0.39, 0.29) is 29.6 Å². The van der Waals surface area contributed by atoms with Gasteiger partial charge in [0.15, 0.2) is 11.6 Å². The summed E-state index contributed by atoms with van der Waals surface area (Å²) in [6, 6.07) is 12.8. The number of fused-ring (bicyclic) bond motifs is 2. The normalized spacial score (nSPS) is 16.7. The van der Waals surface area contributed by atoms with Gasteiger partial charge in [0, 0.05) is 51.4 Å². The second-order valence-corrected chi connectivity index (χ2v) is 9.61. The number of nitrogens with zero attached hydrogens (tertiary/aromatic N) is 2. The van der Waals surface area contributed by atoms with Crippen LogP contribution in [0.15, 0.2) is 58.7 Å². The molecule has 3 aromatic rings. The smallest absolute Gasteiger partial charge is 0.242 e. The fourth-order valence-electron chi connectivity index (χ4n) is 4.61. The summed E-state index contributed by atoms with van der Waals surface area (Å²) in [5.41, 5.74) is 2.72. The Morgan fingerprint density at radius 2 is 1.72 bits per heavy atom. The third kappa shape index (κ3) is 3.62. The van der Waals surface area contributed by atoms with Crippen molar-refractivity contribution in [1.82, 2.24) is 9.47 Å². The van der Waals surface area contributed by atoms with Crippen LogP contribution in [0, 0.1) is 5.92 Å². The van der Waals surface area contributed by atoms with E-state index in [2.05, 4.69) is 22.9 Å². The van der Waals surface area contributed by atoms with Crippen LogP contribution in [-0.4, -0.2) is 40.0 Å². The topological polar surface area (TPSA) is 59.4 Å². The van der Waals surface area contributed by atoms with Crippen LogP contribution >= 0.6 is 15.9 Å². The molecular weight excluding hydrogens is 468 g/mol. The fraction of sp³-hybridized carbons (Fsp3) is 0.269. The summed E-state index contributed by atoms with van der Waals surface area (Å²) >= 11 is 3.52. The highest BCUT2D eigenvalue weighted by molar-refractivity contribution is 9.10. The van der Waals surface area contributed by atoms with E-state index in [4.69, 9.17) is 0 Å². The largest absolute Gasteiger partial charge is 0.341 e. The minimum atomic E-state index is -0.250. The Balaban J connectivity index is 1.52. The number of likely N-dealkylation sites (tertiary alicyclic amines) is 1. The second kappa shape index (κ2) is 8.17. The molecule has 32 heavy (non-hydrogen) atoms. The van der Waals surface area contributed by atoms with Gasteiger partial charge in [-0.3, -0.25) is 14.4 Å². The highest BCUT2D eigenvalue weighted by Gasteiger charge is 2.33. The molecule has 1 aliphatic carbocycles. The van der Waals surface area contributed by atoms with E-state index in [1.807, 2.05) is 33.9 Å². The average molecular weight is 491 g/mol. The Hall–Kier alpha value is -2.99. The van der Waals surface area contributed by atoms with Gasteiger partial charge < -0.3 is 9.47 Å². The molecule has 0 spiro atoms. The van der Waals surface area contributed by atoms with Crippen LogP contribution in [0.4, 0.5) is 0 Å². The summed E-state index contributed by atoms with van der Waals surface area (Å²) in [5, 5.41) is 0.892. The summed E-state index contributed by atoms with van der Waals surface area (Å²) in [4.78, 5) is 40.6. The number of hydrogen-bond acceptors (Lipinski definition) is 3. The molecule has 2 heterocycles. The molecule has 1 aromatic heterocycles. The highest BCUT2D eigenvalue weighted by Crippen LogP contribution is 2.32. The van der Waals surface area contributed by atoms with Crippen LogP contribution in [-0.2, 0) is 11.3 Å². The van der Waals surface area contributed by atoms with Crippen molar-refractivity contribution in [1.29, 1.82) is 0 Å². The van der Waals surface area contributed by atoms with Gasteiger partial charge in [-0.1, -0.05) is 47.1 Å². The molecule has 1 fully saturated rings. The van der Waals surface area contributed by atoms with Crippen LogP contribution in [0.2, 0.25) is 0 Å². The zero-order chi connectivity index (χ0) is 22.4. The summed E-state index contributed by atoms with van der Waals surface area (Å²) < 4.78 is 2.82. The maximum Gasteiger partial charge on any atom is 0.242 e. The summed E-state index contributed by atoms with van der Waals surface area (Å²) in [6.07, 6.45) is 5.61. The molecule has 2 aromatic carbocycles. The van der Waals surface area contributed by atoms with Gasteiger partial charge in [0.2, 0.25) is 5.91 Å². The lowest BCUT2D eigenvalue weighted by atomic mass is 9.99. The molecule has 5 rings (SSSR count). The van der Waals surface area contributed by atoms with Crippen LogP contribution in [0.25, 0.3) is 17.0 Å². The molecule has 1 aliphatic heterocycles. The Morgan fingerprint density at radius 3 is 2.38 bits per heavy atom. The number of halogens is 1. The zero-order valence-electron chi connectivity index (χ0n) is 17.8. The number of benzene rings is 2. The minimum Gasteiger partial charge on any atom is -0.341 e. The van der Waals surface area contributed by atoms with Gasteiger partial charge in [-0.15, -0.1) is 0 Å². The van der Waals surface area contributed by atoms with E-state index in [0.29, 0.717) is 17.0 Å². The van der Waals surface area contributed by atoms with Crippen LogP contribution < -0.4 is 0 Å². The maximum absolute atomic E-state index is 13.0. The van der Waals surface area contributed by atoms with Crippen molar-refractivity contribution in [2.24, 2.45) is 5.92 Å². The Bertz CT molecular complexity index is 1260. The molecule has 0 N–H and O–H groups in total. The molecule has 1 amide bonds. The summed E-state index contributed by atoms with van der Waals surface area (Å²) in [6.45, 7) is 4.05. The number of hydrogen-bond donors (Lipinski definition) is 0. The Kier molecular flexibility index (Phi) is 5.33. The van der Waals surface area contributed by atoms with Gasteiger partial charge in [0.1, 0.15) is 6.54 Å². The van der Waals surface area contributed by atoms with Crippen molar-refractivity contribution in [2.45, 2.75) is 26.3 Å². The number of ketones is 2. The molecule has 2 aliphatic rings. The van der Waals surface area contributed by atoms with E-state index in [1.165, 1.54) is 0 Å². The number of carbonyl (C=O) groups excluding carboxylic acids is 3. The van der Waals surface area contributed by atoms with Gasteiger partial charge in [-0.05, 0) is 43.0 Å². The second-order valence-electron chi connectivity index (χ2n) is 8.70. The third-order valence-electron chi connectivity index (χ3n) is 6.52. The summed E-state index contributed by atoms with van der Waals surface area (Å²) in [5.74, 6) is 0.254. The third-order valence-corrected chi connectivity index (χ3v) is 7.01. The molecule has 0 radical (unpaired) electrons. The lowest BCUT2D eigenvalue weighted by molar-refractivity contribution is -0.133. The van der Waals surface area contributed by atoms with Gasteiger partial charge >= 0.3 is 0 Å². The van der Waals surface area contributed by atoms with Crippen molar-refractivity contribution in [3.63, 3.8) is 0 Å². The predicted molar refractivity (Wildman–Crippen MR) is 128 cm³/mol. The molecule has 0 atom stereocenters. The van der Waals surface area contributed by atoms with Crippen molar-refractivity contribution < 1.29 is 14.4 Å². The molecule has 1 saturated heterocycles. The number of amides is 1. The number of Topliss-reactive ketones (excluding diaryl/α,β-unsaturated/α-hetero) is 2. The van der Waals surface area contributed by atoms with Crippen molar-refractivity contribution >= 4 is 50.4 Å². The molecule has 0 bridgehead atoms. The first-order chi connectivity index (χ1) is 15.4. The quantitative estimate of drug-likeness (QED) is 0.377. The van der Waals surface area contributed by atoms with E-state index in [1.54, 1.807) is 30.3 Å². The van der Waals surface area contributed by atoms with Crippen LogP contribution in [0.1, 0.15) is 46.0 Å².